The number of para-hydroxylation sites is 2. The fourth-order valence-corrected chi connectivity index (χ4v) is 11.0. The Kier molecular flexibility index (Phi) is 6.50. The van der Waals surface area contributed by atoms with Gasteiger partial charge in [-0.05, 0) is 99.1 Å². The summed E-state index contributed by atoms with van der Waals surface area (Å²) in [7, 11) is 0. The van der Waals surface area contributed by atoms with Crippen molar-refractivity contribution in [2.24, 2.45) is 0 Å². The van der Waals surface area contributed by atoms with Crippen molar-refractivity contribution in [2.45, 2.75) is 38.5 Å². The van der Waals surface area contributed by atoms with Crippen LogP contribution in [0.25, 0.3) is 88.5 Å². The summed E-state index contributed by atoms with van der Waals surface area (Å²) in [5, 5.41) is 15.4. The molecule has 4 nitrogen and oxygen atoms in total. The van der Waals surface area contributed by atoms with Crippen LogP contribution in [0.15, 0.2) is 158 Å². The molecule has 2 aliphatic rings. The molecule has 12 rings (SSSR count). The van der Waals surface area contributed by atoms with Crippen molar-refractivity contribution in [3.05, 3.63) is 186 Å². The van der Waals surface area contributed by atoms with Gasteiger partial charge in [-0.15, -0.1) is 0 Å². The van der Waals surface area contributed by atoms with E-state index < -0.39 is 0 Å². The number of pyridine rings is 1. The summed E-state index contributed by atoms with van der Waals surface area (Å²) in [5.41, 5.74) is 19.1. The highest BCUT2D eigenvalue weighted by atomic mass is 15.0. The van der Waals surface area contributed by atoms with Gasteiger partial charge in [-0.1, -0.05) is 125 Å². The number of hydrogen-bond acceptors (Lipinski definition) is 2. The second kappa shape index (κ2) is 11.4. The maximum Gasteiger partial charge on any atom is 0.0991 e. The molecule has 0 unspecified atom stereocenters. The predicted octanol–water partition coefficient (Wildman–Crippen LogP) is 13.4. The van der Waals surface area contributed by atoms with E-state index in [9.17, 15) is 5.26 Å². The zero-order valence-electron chi connectivity index (χ0n) is 32.8. The normalized spacial score (nSPS) is 14.5. The van der Waals surface area contributed by atoms with Crippen LogP contribution >= 0.6 is 0 Å². The molecule has 274 valence electrons. The van der Waals surface area contributed by atoms with Gasteiger partial charge in [-0.3, -0.25) is 4.98 Å². The molecule has 10 aromatic rings. The van der Waals surface area contributed by atoms with Crippen LogP contribution in [0, 0.1) is 11.3 Å². The molecular weight excluding hydrogens is 705 g/mol. The number of nitrogens with zero attached hydrogens (tertiary/aromatic N) is 4. The Morgan fingerprint density at radius 3 is 1.55 bits per heavy atom. The zero-order valence-corrected chi connectivity index (χ0v) is 32.8. The molecule has 0 amide bonds. The van der Waals surface area contributed by atoms with Crippen LogP contribution in [0.3, 0.4) is 0 Å². The molecule has 0 spiro atoms. The first-order valence-corrected chi connectivity index (χ1v) is 20.1. The molecule has 0 atom stereocenters. The van der Waals surface area contributed by atoms with Gasteiger partial charge in [0.25, 0.3) is 0 Å². The standard InChI is InChI=1S/C54H38N4/c1-53(2)40-18-9-5-14-33(40)35-24-27-45-48(50(35)53)37-16-7-11-20-42(37)57(45)44-26-23-32(31-55)30-39(44)52-47(22-13-29-56-52)58-43-21-12-8-17-38(43)49-46(58)28-25-36-34-15-6-10-19-41(34)54(3,4)51(36)49/h5-30H,1-4H3. The van der Waals surface area contributed by atoms with Crippen LogP contribution in [0.5, 0.6) is 0 Å². The average Bonchev–Trinajstić information content (AvgIpc) is 3.92. The van der Waals surface area contributed by atoms with Gasteiger partial charge in [0.15, 0.2) is 0 Å². The molecule has 7 aromatic carbocycles. The summed E-state index contributed by atoms with van der Waals surface area (Å²) in [5.74, 6) is 0. The first kappa shape index (κ1) is 33.0. The number of nitriles is 1. The van der Waals surface area contributed by atoms with Gasteiger partial charge < -0.3 is 9.13 Å². The van der Waals surface area contributed by atoms with Crippen molar-refractivity contribution >= 4 is 43.6 Å². The highest BCUT2D eigenvalue weighted by molar-refractivity contribution is 6.16. The maximum absolute atomic E-state index is 10.4. The van der Waals surface area contributed by atoms with Crippen LogP contribution in [-0.2, 0) is 10.8 Å². The largest absolute Gasteiger partial charge is 0.309 e. The van der Waals surface area contributed by atoms with Gasteiger partial charge in [0.2, 0.25) is 0 Å². The minimum absolute atomic E-state index is 0.181. The lowest BCUT2D eigenvalue weighted by Gasteiger charge is -2.23. The Balaban J connectivity index is 1.16. The van der Waals surface area contributed by atoms with E-state index >= 15 is 0 Å². The Bertz CT molecular complexity index is 3470. The topological polar surface area (TPSA) is 46.5 Å². The summed E-state index contributed by atoms with van der Waals surface area (Å²) in [6.07, 6.45) is 1.88. The van der Waals surface area contributed by atoms with Crippen LogP contribution < -0.4 is 0 Å². The third-order valence-corrected chi connectivity index (χ3v) is 13.4. The molecule has 4 heteroatoms. The number of fused-ring (bicyclic) bond motifs is 14. The van der Waals surface area contributed by atoms with E-state index in [4.69, 9.17) is 4.98 Å². The Hall–Kier alpha value is -7.22. The number of hydrogen-bond donors (Lipinski definition) is 0. The molecule has 3 aromatic heterocycles. The average molecular weight is 743 g/mol. The third kappa shape index (κ3) is 4.10. The second-order valence-electron chi connectivity index (χ2n) is 17.0. The van der Waals surface area contributed by atoms with E-state index in [-0.39, 0.29) is 10.8 Å². The fraction of sp³-hybridized carbons (Fsp3) is 0.111. The van der Waals surface area contributed by atoms with E-state index in [1.54, 1.807) is 0 Å². The van der Waals surface area contributed by atoms with E-state index in [0.717, 1.165) is 44.7 Å². The van der Waals surface area contributed by atoms with E-state index in [2.05, 4.69) is 176 Å². The van der Waals surface area contributed by atoms with Crippen molar-refractivity contribution < 1.29 is 0 Å². The van der Waals surface area contributed by atoms with Crippen molar-refractivity contribution in [2.75, 3.05) is 0 Å². The van der Waals surface area contributed by atoms with Gasteiger partial charge >= 0.3 is 0 Å². The monoisotopic (exact) mass is 742 g/mol. The Morgan fingerprint density at radius 2 is 0.983 bits per heavy atom. The van der Waals surface area contributed by atoms with Crippen molar-refractivity contribution in [3.8, 4) is 51.0 Å². The summed E-state index contributed by atoms with van der Waals surface area (Å²) < 4.78 is 4.80. The smallest absolute Gasteiger partial charge is 0.0991 e. The molecule has 0 N–H and O–H groups in total. The molecule has 0 radical (unpaired) electrons. The van der Waals surface area contributed by atoms with E-state index in [1.807, 2.05) is 24.4 Å². The molecule has 3 heterocycles. The minimum atomic E-state index is -0.186. The molecule has 0 fully saturated rings. The molecule has 0 aliphatic heterocycles. The summed E-state index contributed by atoms with van der Waals surface area (Å²) in [6.45, 7) is 9.44. The summed E-state index contributed by atoms with van der Waals surface area (Å²) >= 11 is 0. The Morgan fingerprint density at radius 1 is 0.466 bits per heavy atom. The third-order valence-electron chi connectivity index (χ3n) is 13.4. The number of aromatic nitrogens is 3. The van der Waals surface area contributed by atoms with Gasteiger partial charge in [-0.25, -0.2) is 0 Å². The van der Waals surface area contributed by atoms with Crippen LogP contribution in [0.2, 0.25) is 0 Å². The number of benzene rings is 7. The van der Waals surface area contributed by atoms with Crippen LogP contribution in [0.4, 0.5) is 0 Å². The van der Waals surface area contributed by atoms with Crippen LogP contribution in [0.1, 0.15) is 55.5 Å². The zero-order chi connectivity index (χ0) is 39.1. The minimum Gasteiger partial charge on any atom is -0.309 e. The molecule has 58 heavy (non-hydrogen) atoms. The fourth-order valence-electron chi connectivity index (χ4n) is 11.0. The van der Waals surface area contributed by atoms with Crippen molar-refractivity contribution in [1.82, 2.24) is 14.1 Å². The predicted molar refractivity (Wildman–Crippen MR) is 238 cm³/mol. The first-order chi connectivity index (χ1) is 28.3. The van der Waals surface area contributed by atoms with Gasteiger partial charge in [0.1, 0.15) is 0 Å². The summed E-state index contributed by atoms with van der Waals surface area (Å²) in [4.78, 5) is 5.22. The molecule has 0 bridgehead atoms. The van der Waals surface area contributed by atoms with Gasteiger partial charge in [-0.2, -0.15) is 5.26 Å². The quantitative estimate of drug-likeness (QED) is 0.181. The molecule has 2 aliphatic carbocycles. The maximum atomic E-state index is 10.4. The highest BCUT2D eigenvalue weighted by Crippen LogP contribution is 2.55. The van der Waals surface area contributed by atoms with Crippen molar-refractivity contribution in [1.29, 1.82) is 5.26 Å². The molecular formula is C54H38N4. The lowest BCUT2D eigenvalue weighted by Crippen LogP contribution is -2.15. The lowest BCUT2D eigenvalue weighted by molar-refractivity contribution is 0.666. The highest BCUT2D eigenvalue weighted by Gasteiger charge is 2.40. The van der Waals surface area contributed by atoms with E-state index in [1.165, 1.54) is 66.1 Å². The SMILES string of the molecule is CC1(C)c2ccccc2-c2ccc3c(c21)c1ccccc1n3-c1ccc(C#N)cc1-c1ncccc1-n1c2ccccc2c2c3c(ccc21)-c1ccccc1C3(C)C. The first-order valence-electron chi connectivity index (χ1n) is 20.1. The summed E-state index contributed by atoms with van der Waals surface area (Å²) in [6, 6.07) is 57.2. The number of rotatable bonds is 3. The van der Waals surface area contributed by atoms with Gasteiger partial charge in [0, 0.05) is 44.1 Å². The second-order valence-corrected chi connectivity index (χ2v) is 17.0. The lowest BCUT2D eigenvalue weighted by atomic mass is 9.80. The van der Waals surface area contributed by atoms with E-state index in [0.29, 0.717) is 5.56 Å². The Labute approximate surface area is 336 Å². The van der Waals surface area contributed by atoms with Crippen molar-refractivity contribution in [3.63, 3.8) is 0 Å². The molecule has 0 saturated heterocycles. The van der Waals surface area contributed by atoms with Crippen LogP contribution in [-0.4, -0.2) is 14.1 Å². The van der Waals surface area contributed by atoms with Gasteiger partial charge in [0.05, 0.1) is 50.8 Å². The molecule has 0 saturated carbocycles.